The maximum atomic E-state index is 14.1. The van der Waals surface area contributed by atoms with Crippen LogP contribution in [0.4, 0.5) is 5.69 Å². The van der Waals surface area contributed by atoms with Crippen molar-refractivity contribution in [2.45, 2.75) is 72.8 Å². The zero-order valence-electron chi connectivity index (χ0n) is 26.8. The van der Waals surface area contributed by atoms with Gasteiger partial charge in [-0.15, -0.1) is 0 Å². The van der Waals surface area contributed by atoms with Crippen molar-refractivity contribution in [1.82, 2.24) is 4.90 Å². The number of allylic oxidation sites excluding steroid dienone is 4. The van der Waals surface area contributed by atoms with Gasteiger partial charge in [0.15, 0.2) is 23.1 Å². The predicted molar refractivity (Wildman–Crippen MR) is 171 cm³/mol. The average molecular weight is 637 g/mol. The van der Waals surface area contributed by atoms with E-state index in [2.05, 4.69) is 32.6 Å². The van der Waals surface area contributed by atoms with Crippen molar-refractivity contribution in [1.29, 1.82) is 0 Å². The molecule has 9 nitrogen and oxygen atoms in total. The normalized spacial score (nSPS) is 19.4. The molecule has 0 spiro atoms. The molecule has 0 saturated carbocycles. The Kier molecular flexibility index (Phi) is 9.16. The third kappa shape index (κ3) is 6.65. The summed E-state index contributed by atoms with van der Waals surface area (Å²) in [6.45, 7) is 11.6. The number of carbonyl (C=O) groups excluding carboxylic acids is 2. The van der Waals surface area contributed by atoms with Gasteiger partial charge in [0.25, 0.3) is 5.69 Å². The standard InChI is InChI=1S/C35H41ClN2O7/c1-7-44-29-15-22(14-24(36)33(29)45-20-21-9-8-10-23(13-21)38(41)42)30-31-25(16-34(2,3)18-27(31)39)37(11-12-43-6)26-17-35(4,5)19-28(40)32(26)30/h8-10,13-15,30H,7,11-12,16-20H2,1-6H3. The minimum absolute atomic E-state index is 0.0259. The average Bonchev–Trinajstić information content (AvgIpc) is 2.94. The summed E-state index contributed by atoms with van der Waals surface area (Å²) in [4.78, 5) is 41.1. The van der Waals surface area contributed by atoms with Crippen LogP contribution in [0.3, 0.4) is 0 Å². The first kappa shape index (κ1) is 32.7. The summed E-state index contributed by atoms with van der Waals surface area (Å²) in [7, 11) is 1.66. The molecule has 2 aromatic rings. The molecule has 0 aromatic heterocycles. The van der Waals surface area contributed by atoms with E-state index >= 15 is 0 Å². The van der Waals surface area contributed by atoms with Gasteiger partial charge in [-0.2, -0.15) is 0 Å². The molecule has 0 atom stereocenters. The van der Waals surface area contributed by atoms with Crippen LogP contribution in [0.25, 0.3) is 0 Å². The molecule has 0 amide bonds. The van der Waals surface area contributed by atoms with Crippen LogP contribution in [0.2, 0.25) is 5.02 Å². The highest BCUT2D eigenvalue weighted by molar-refractivity contribution is 6.32. The number of halogens is 1. The summed E-state index contributed by atoms with van der Waals surface area (Å²) in [5.41, 5.74) is 3.96. The van der Waals surface area contributed by atoms with Crippen molar-refractivity contribution in [3.8, 4) is 11.5 Å². The molecule has 1 aliphatic heterocycles. The first-order valence-electron chi connectivity index (χ1n) is 15.4. The van der Waals surface area contributed by atoms with Crippen LogP contribution in [-0.4, -0.2) is 48.3 Å². The van der Waals surface area contributed by atoms with Gasteiger partial charge in [0.05, 0.1) is 23.2 Å². The summed E-state index contributed by atoms with van der Waals surface area (Å²) in [6.07, 6.45) is 2.13. The van der Waals surface area contributed by atoms with Gasteiger partial charge in [0.2, 0.25) is 0 Å². The highest BCUT2D eigenvalue weighted by Crippen LogP contribution is 2.55. The van der Waals surface area contributed by atoms with Crippen LogP contribution in [0, 0.1) is 20.9 Å². The number of methoxy groups -OCH3 is 1. The van der Waals surface area contributed by atoms with Crippen molar-refractivity contribution in [2.75, 3.05) is 26.9 Å². The minimum atomic E-state index is -0.594. The number of benzene rings is 2. The lowest BCUT2D eigenvalue weighted by atomic mass is 9.63. The third-order valence-corrected chi connectivity index (χ3v) is 8.99. The Hall–Kier alpha value is -3.69. The molecule has 0 saturated heterocycles. The van der Waals surface area contributed by atoms with Crippen LogP contribution in [0.5, 0.6) is 11.5 Å². The van der Waals surface area contributed by atoms with E-state index in [-0.39, 0.29) is 39.7 Å². The lowest BCUT2D eigenvalue weighted by molar-refractivity contribution is -0.384. The monoisotopic (exact) mass is 636 g/mol. The molecule has 3 aliphatic rings. The number of nitro benzene ring substituents is 1. The van der Waals surface area contributed by atoms with Gasteiger partial charge in [-0.3, -0.25) is 19.7 Å². The van der Waals surface area contributed by atoms with E-state index in [1.165, 1.54) is 12.1 Å². The summed E-state index contributed by atoms with van der Waals surface area (Å²) in [6, 6.07) is 9.80. The van der Waals surface area contributed by atoms with Gasteiger partial charge in [-0.1, -0.05) is 51.4 Å². The Morgan fingerprint density at radius 1 is 0.956 bits per heavy atom. The Morgan fingerprint density at radius 3 is 2.13 bits per heavy atom. The van der Waals surface area contributed by atoms with E-state index in [0.29, 0.717) is 79.2 Å². The number of rotatable bonds is 10. The molecule has 0 bridgehead atoms. The molecular formula is C35H41ClN2O7. The summed E-state index contributed by atoms with van der Waals surface area (Å²) in [5.74, 6) is 0.130. The molecule has 1 heterocycles. The van der Waals surface area contributed by atoms with Gasteiger partial charge in [0.1, 0.15) is 6.61 Å². The molecular weight excluding hydrogens is 596 g/mol. The number of ether oxygens (including phenoxy) is 3. The van der Waals surface area contributed by atoms with E-state index < -0.39 is 10.8 Å². The van der Waals surface area contributed by atoms with E-state index in [1.807, 2.05) is 13.0 Å². The largest absolute Gasteiger partial charge is 0.490 e. The van der Waals surface area contributed by atoms with E-state index in [4.69, 9.17) is 25.8 Å². The Morgan fingerprint density at radius 2 is 1.58 bits per heavy atom. The first-order valence-corrected chi connectivity index (χ1v) is 15.7. The topological polar surface area (TPSA) is 108 Å². The zero-order chi connectivity index (χ0) is 32.7. The lowest BCUT2D eigenvalue weighted by Gasteiger charge is -2.49. The van der Waals surface area contributed by atoms with Crippen LogP contribution in [0.15, 0.2) is 58.9 Å². The van der Waals surface area contributed by atoms with Crippen LogP contribution in [-0.2, 0) is 20.9 Å². The van der Waals surface area contributed by atoms with Crippen molar-refractivity contribution in [3.63, 3.8) is 0 Å². The Balaban J connectivity index is 1.64. The fourth-order valence-corrected chi connectivity index (χ4v) is 7.18. The first-order chi connectivity index (χ1) is 21.2. The van der Waals surface area contributed by atoms with Crippen LogP contribution in [0.1, 0.15) is 77.3 Å². The van der Waals surface area contributed by atoms with Crippen LogP contribution >= 0.6 is 11.6 Å². The molecule has 10 heteroatoms. The Labute approximate surface area is 269 Å². The lowest BCUT2D eigenvalue weighted by Crippen LogP contribution is -2.45. The Bertz CT molecular complexity index is 1550. The number of ketones is 2. The molecule has 0 radical (unpaired) electrons. The molecule has 45 heavy (non-hydrogen) atoms. The maximum absolute atomic E-state index is 14.1. The van der Waals surface area contributed by atoms with E-state index in [0.717, 1.165) is 11.4 Å². The maximum Gasteiger partial charge on any atom is 0.269 e. The SMILES string of the molecule is CCOc1cc(C2C3=C(CC(C)(C)CC3=O)N(CCOC)C3=C2C(=O)CC(C)(C)C3)cc(Cl)c1OCc1cccc([N+](=O)[O-])c1. The number of nitro groups is 1. The van der Waals surface area contributed by atoms with Gasteiger partial charge in [-0.05, 0) is 53.9 Å². The minimum Gasteiger partial charge on any atom is -0.490 e. The highest BCUT2D eigenvalue weighted by Gasteiger charge is 2.49. The number of nitrogens with zero attached hydrogens (tertiary/aromatic N) is 2. The van der Waals surface area contributed by atoms with Gasteiger partial charge in [-0.25, -0.2) is 0 Å². The second-order valence-electron chi connectivity index (χ2n) is 13.7. The van der Waals surface area contributed by atoms with Crippen molar-refractivity contribution >= 4 is 28.9 Å². The zero-order valence-corrected chi connectivity index (χ0v) is 27.6. The van der Waals surface area contributed by atoms with Crippen molar-refractivity contribution in [2.24, 2.45) is 10.8 Å². The van der Waals surface area contributed by atoms with Crippen molar-refractivity contribution < 1.29 is 28.7 Å². The molecule has 0 N–H and O–H groups in total. The summed E-state index contributed by atoms with van der Waals surface area (Å²) in [5, 5.41) is 11.5. The van der Waals surface area contributed by atoms with Crippen LogP contribution < -0.4 is 9.47 Å². The smallest absolute Gasteiger partial charge is 0.269 e. The fourth-order valence-electron chi connectivity index (χ4n) is 6.91. The predicted octanol–water partition coefficient (Wildman–Crippen LogP) is 7.56. The third-order valence-electron chi connectivity index (χ3n) is 8.71. The number of hydrogen-bond donors (Lipinski definition) is 0. The fraction of sp³-hybridized carbons (Fsp3) is 0.486. The highest BCUT2D eigenvalue weighted by atomic mass is 35.5. The number of Topliss-reactive ketones (excluding diaryl/α,β-unsaturated/α-hetero) is 2. The number of carbonyl (C=O) groups is 2. The summed E-state index contributed by atoms with van der Waals surface area (Å²) >= 11 is 6.91. The van der Waals surface area contributed by atoms with E-state index in [1.54, 1.807) is 25.3 Å². The van der Waals surface area contributed by atoms with Gasteiger partial charge in [0, 0.05) is 67.1 Å². The number of non-ortho nitro benzene ring substituents is 1. The molecule has 2 aliphatic carbocycles. The molecule has 0 unspecified atom stereocenters. The van der Waals surface area contributed by atoms with Crippen molar-refractivity contribution in [3.05, 3.63) is 85.2 Å². The van der Waals surface area contributed by atoms with Gasteiger partial charge < -0.3 is 19.1 Å². The number of hydrogen-bond acceptors (Lipinski definition) is 8. The quantitative estimate of drug-likeness (QED) is 0.194. The molecule has 240 valence electrons. The molecule has 2 aromatic carbocycles. The second kappa shape index (κ2) is 12.6. The molecule has 5 rings (SSSR count). The summed E-state index contributed by atoms with van der Waals surface area (Å²) < 4.78 is 17.6. The molecule has 0 fully saturated rings. The second-order valence-corrected chi connectivity index (χ2v) is 14.1. The van der Waals surface area contributed by atoms with E-state index in [9.17, 15) is 19.7 Å². The van der Waals surface area contributed by atoms with Gasteiger partial charge >= 0.3 is 0 Å².